The number of amides is 1. The number of pyridine rings is 1. The van der Waals surface area contributed by atoms with E-state index in [1.165, 1.54) is 0 Å². The fourth-order valence-corrected chi connectivity index (χ4v) is 3.70. The minimum atomic E-state index is -0.783. The number of carboxylic acid groups (broad SMARTS) is 1. The van der Waals surface area contributed by atoms with Gasteiger partial charge < -0.3 is 10.4 Å². The molecule has 2 atom stereocenters. The Labute approximate surface area is 144 Å². The van der Waals surface area contributed by atoms with Crippen molar-refractivity contribution in [1.82, 2.24) is 10.3 Å². The molecular formula is C20H18N2O3. The summed E-state index contributed by atoms with van der Waals surface area (Å²) < 4.78 is 0. The molecule has 1 aliphatic carbocycles. The molecule has 2 aromatic carbocycles. The maximum atomic E-state index is 12.8. The van der Waals surface area contributed by atoms with E-state index in [9.17, 15) is 9.59 Å². The number of nitrogens with zero attached hydrogens (tertiary/aromatic N) is 1. The first kappa shape index (κ1) is 15.6. The van der Waals surface area contributed by atoms with Gasteiger partial charge in [-0.05, 0) is 42.2 Å². The molecule has 1 fully saturated rings. The van der Waals surface area contributed by atoms with Gasteiger partial charge in [-0.3, -0.25) is 14.6 Å². The lowest BCUT2D eigenvalue weighted by molar-refractivity contribution is -0.141. The Morgan fingerprint density at radius 1 is 1.08 bits per heavy atom. The first-order valence-electron chi connectivity index (χ1n) is 8.43. The second kappa shape index (κ2) is 6.16. The number of aliphatic carboxylic acids is 1. The molecule has 5 nitrogen and oxygen atoms in total. The third-order valence-corrected chi connectivity index (χ3v) is 4.98. The number of fused-ring (bicyclic) bond motifs is 3. The Kier molecular flexibility index (Phi) is 3.84. The standard InChI is InChI=1S/C20H18N2O3/c23-19(22-14-8-7-13(10-14)20(24)25)17-11-12-4-1-2-5-15(12)16-6-3-9-21-18(16)17/h1-6,9,11,13-14H,7-8,10H2,(H,22,23)(H,24,25)/t13-,14+/m0/s1. The van der Waals surface area contributed by atoms with Gasteiger partial charge in [0.15, 0.2) is 0 Å². The number of carbonyl (C=O) groups is 2. The van der Waals surface area contributed by atoms with Crippen molar-refractivity contribution in [2.45, 2.75) is 25.3 Å². The maximum Gasteiger partial charge on any atom is 0.306 e. The number of rotatable bonds is 3. The summed E-state index contributed by atoms with van der Waals surface area (Å²) in [6, 6.07) is 13.5. The van der Waals surface area contributed by atoms with Crippen molar-refractivity contribution in [2.75, 3.05) is 0 Å². The molecular weight excluding hydrogens is 316 g/mol. The average Bonchev–Trinajstić information content (AvgIpc) is 3.10. The van der Waals surface area contributed by atoms with E-state index in [1.807, 2.05) is 42.5 Å². The lowest BCUT2D eigenvalue weighted by atomic mass is 10.00. The van der Waals surface area contributed by atoms with Crippen LogP contribution in [-0.4, -0.2) is 28.0 Å². The highest BCUT2D eigenvalue weighted by molar-refractivity contribution is 6.15. The van der Waals surface area contributed by atoms with Crippen molar-refractivity contribution < 1.29 is 14.7 Å². The van der Waals surface area contributed by atoms with Gasteiger partial charge in [-0.25, -0.2) is 0 Å². The second-order valence-corrected chi connectivity index (χ2v) is 6.56. The number of carboxylic acids is 1. The second-order valence-electron chi connectivity index (χ2n) is 6.56. The minimum absolute atomic E-state index is 0.0983. The van der Waals surface area contributed by atoms with E-state index in [4.69, 9.17) is 5.11 Å². The van der Waals surface area contributed by atoms with Crippen molar-refractivity contribution in [2.24, 2.45) is 5.92 Å². The first-order valence-corrected chi connectivity index (χ1v) is 8.43. The number of nitrogens with one attached hydrogen (secondary N) is 1. The van der Waals surface area contributed by atoms with Gasteiger partial charge in [-0.15, -0.1) is 0 Å². The van der Waals surface area contributed by atoms with Crippen LogP contribution in [0.25, 0.3) is 21.7 Å². The highest BCUT2D eigenvalue weighted by Crippen LogP contribution is 2.29. The molecule has 1 saturated carbocycles. The molecule has 1 heterocycles. The number of benzene rings is 2. The van der Waals surface area contributed by atoms with Gasteiger partial charge in [0.05, 0.1) is 17.0 Å². The summed E-state index contributed by atoms with van der Waals surface area (Å²) in [4.78, 5) is 28.4. The molecule has 5 heteroatoms. The Bertz CT molecular complexity index is 983. The minimum Gasteiger partial charge on any atom is -0.481 e. The van der Waals surface area contributed by atoms with Gasteiger partial charge in [0, 0.05) is 17.6 Å². The molecule has 0 bridgehead atoms. The molecule has 1 aromatic heterocycles. The number of carbonyl (C=O) groups excluding carboxylic acids is 1. The molecule has 1 amide bonds. The fourth-order valence-electron chi connectivity index (χ4n) is 3.70. The topological polar surface area (TPSA) is 79.3 Å². The van der Waals surface area contributed by atoms with Crippen molar-refractivity contribution in [1.29, 1.82) is 0 Å². The lowest BCUT2D eigenvalue weighted by Gasteiger charge is -2.14. The Balaban J connectivity index is 1.70. The number of hydrogen-bond donors (Lipinski definition) is 2. The van der Waals surface area contributed by atoms with E-state index in [2.05, 4.69) is 10.3 Å². The van der Waals surface area contributed by atoms with Gasteiger partial charge in [-0.1, -0.05) is 30.3 Å². The smallest absolute Gasteiger partial charge is 0.306 e. The molecule has 0 saturated heterocycles. The summed E-state index contributed by atoms with van der Waals surface area (Å²) in [5.74, 6) is -1.34. The van der Waals surface area contributed by atoms with E-state index >= 15 is 0 Å². The molecule has 0 spiro atoms. The summed E-state index contributed by atoms with van der Waals surface area (Å²) in [7, 11) is 0. The molecule has 0 radical (unpaired) electrons. The molecule has 3 aromatic rings. The van der Waals surface area contributed by atoms with Crippen molar-refractivity contribution in [3.05, 3.63) is 54.2 Å². The average molecular weight is 334 g/mol. The number of aromatic nitrogens is 1. The first-order chi connectivity index (χ1) is 12.1. The van der Waals surface area contributed by atoms with Crippen molar-refractivity contribution in [3.63, 3.8) is 0 Å². The van der Waals surface area contributed by atoms with E-state index in [1.54, 1.807) is 6.20 Å². The maximum absolute atomic E-state index is 12.8. The SMILES string of the molecule is O=C(N[C@@H]1CC[C@H](C(=O)O)C1)c1cc2ccccc2c2cccnc12. The molecule has 0 unspecified atom stereocenters. The quantitative estimate of drug-likeness (QED) is 0.720. The van der Waals surface area contributed by atoms with Gasteiger partial charge in [0.25, 0.3) is 5.91 Å². The zero-order chi connectivity index (χ0) is 17.4. The molecule has 25 heavy (non-hydrogen) atoms. The predicted octanol–water partition coefficient (Wildman–Crippen LogP) is 3.37. The van der Waals surface area contributed by atoms with Gasteiger partial charge >= 0.3 is 5.97 Å². The van der Waals surface area contributed by atoms with Gasteiger partial charge in [0.2, 0.25) is 0 Å². The molecule has 0 aliphatic heterocycles. The molecule has 4 rings (SSSR count). The predicted molar refractivity (Wildman–Crippen MR) is 95.5 cm³/mol. The fraction of sp³-hybridized carbons (Fsp3) is 0.250. The van der Waals surface area contributed by atoms with Crippen LogP contribution >= 0.6 is 0 Å². The third kappa shape index (κ3) is 2.82. The molecule has 2 N–H and O–H groups in total. The zero-order valence-corrected chi connectivity index (χ0v) is 13.6. The zero-order valence-electron chi connectivity index (χ0n) is 13.6. The van der Waals surface area contributed by atoms with Crippen LogP contribution in [0.2, 0.25) is 0 Å². The van der Waals surface area contributed by atoms with Crippen molar-refractivity contribution in [3.8, 4) is 0 Å². The third-order valence-electron chi connectivity index (χ3n) is 4.98. The summed E-state index contributed by atoms with van der Waals surface area (Å²) in [5, 5.41) is 15.1. The van der Waals surface area contributed by atoms with Crippen LogP contribution < -0.4 is 5.32 Å². The van der Waals surface area contributed by atoms with Crippen LogP contribution in [0.4, 0.5) is 0 Å². The summed E-state index contributed by atoms with van der Waals surface area (Å²) >= 11 is 0. The Morgan fingerprint density at radius 3 is 2.68 bits per heavy atom. The van der Waals surface area contributed by atoms with Crippen molar-refractivity contribution >= 4 is 33.6 Å². The lowest BCUT2D eigenvalue weighted by Crippen LogP contribution is -2.33. The van der Waals surface area contributed by atoms with Crippen LogP contribution in [0.15, 0.2) is 48.7 Å². The normalized spacial score (nSPS) is 20.0. The van der Waals surface area contributed by atoms with Crippen LogP contribution in [0, 0.1) is 5.92 Å². The van der Waals surface area contributed by atoms with E-state index in [0.29, 0.717) is 30.3 Å². The van der Waals surface area contributed by atoms with Crippen LogP contribution in [-0.2, 0) is 4.79 Å². The van der Waals surface area contributed by atoms with Gasteiger partial charge in [0.1, 0.15) is 0 Å². The van der Waals surface area contributed by atoms with Crippen LogP contribution in [0.5, 0.6) is 0 Å². The summed E-state index contributed by atoms with van der Waals surface area (Å²) in [6.45, 7) is 0. The Morgan fingerprint density at radius 2 is 1.88 bits per heavy atom. The largest absolute Gasteiger partial charge is 0.481 e. The monoisotopic (exact) mass is 334 g/mol. The Hall–Kier alpha value is -2.95. The van der Waals surface area contributed by atoms with Crippen LogP contribution in [0.3, 0.4) is 0 Å². The highest BCUT2D eigenvalue weighted by Gasteiger charge is 2.31. The summed E-state index contributed by atoms with van der Waals surface area (Å²) in [6.07, 6.45) is 3.47. The van der Waals surface area contributed by atoms with Gasteiger partial charge in [-0.2, -0.15) is 0 Å². The van der Waals surface area contributed by atoms with Crippen LogP contribution in [0.1, 0.15) is 29.6 Å². The molecule has 126 valence electrons. The number of hydrogen-bond acceptors (Lipinski definition) is 3. The highest BCUT2D eigenvalue weighted by atomic mass is 16.4. The van der Waals surface area contributed by atoms with E-state index in [0.717, 1.165) is 16.2 Å². The summed E-state index contributed by atoms with van der Waals surface area (Å²) in [5.41, 5.74) is 1.21. The molecule has 1 aliphatic rings. The van der Waals surface area contributed by atoms with E-state index < -0.39 is 5.97 Å². The van der Waals surface area contributed by atoms with E-state index in [-0.39, 0.29) is 17.9 Å².